The smallest absolute Gasteiger partial charge is 0.331 e. The van der Waals surface area contributed by atoms with E-state index in [0.29, 0.717) is 4.91 Å². The topological polar surface area (TPSA) is 81.1 Å². The third-order valence-electron chi connectivity index (χ3n) is 5.16. The summed E-state index contributed by atoms with van der Waals surface area (Å²) >= 11 is 8.21. The highest BCUT2D eigenvalue weighted by atomic mass is 32.2. The van der Waals surface area contributed by atoms with Crippen molar-refractivity contribution in [1.29, 1.82) is 0 Å². The van der Waals surface area contributed by atoms with E-state index in [4.69, 9.17) is 12.2 Å². The fraction of sp³-hybridized carbons (Fsp3) is 0.688. The molecule has 3 saturated heterocycles. The lowest BCUT2D eigenvalue weighted by Gasteiger charge is -2.44. The Morgan fingerprint density at radius 1 is 1.42 bits per heavy atom. The first-order valence-electron chi connectivity index (χ1n) is 8.50. The van der Waals surface area contributed by atoms with Crippen LogP contribution in [0.15, 0.2) is 10.3 Å². The number of hydrogen-bond donors (Lipinski definition) is 2. The summed E-state index contributed by atoms with van der Waals surface area (Å²) in [7, 11) is 4.39. The van der Waals surface area contributed by atoms with Crippen LogP contribution in [0.3, 0.4) is 0 Å². The van der Waals surface area contributed by atoms with Crippen LogP contribution in [0.2, 0.25) is 0 Å². The van der Waals surface area contributed by atoms with Gasteiger partial charge in [0.25, 0.3) is 0 Å². The van der Waals surface area contributed by atoms with E-state index in [1.807, 2.05) is 0 Å². The number of nitrogens with zero attached hydrogens (tertiary/aromatic N) is 3. The van der Waals surface area contributed by atoms with Crippen molar-refractivity contribution in [3.63, 3.8) is 0 Å². The number of piperazine rings is 1. The minimum atomic E-state index is -1.05. The second-order valence-corrected chi connectivity index (χ2v) is 10.2. The minimum Gasteiger partial charge on any atom is -0.479 e. The summed E-state index contributed by atoms with van der Waals surface area (Å²) in [5.41, 5.74) is 0. The fourth-order valence-electron chi connectivity index (χ4n) is 3.41. The molecule has 26 heavy (non-hydrogen) atoms. The third kappa shape index (κ3) is 3.62. The zero-order valence-electron chi connectivity index (χ0n) is 15.0. The number of quaternary nitrogens is 1. The molecule has 0 aliphatic carbocycles. The molecular weight excluding hydrogens is 394 g/mol. The molecule has 3 rings (SSSR count). The molecule has 0 bridgehead atoms. The van der Waals surface area contributed by atoms with Crippen molar-refractivity contribution in [3.8, 4) is 0 Å². The number of aliphatic carboxylic acids is 1. The SMILES string of the molecule is C[C@@H](O)[C@H]1C(=O)N2C(C(=O)O)C(=CSC(=S)N3CC[N+](C)(C)CC3)S[C@H]12. The summed E-state index contributed by atoms with van der Waals surface area (Å²) in [6, 6.07) is -0.972. The number of amides is 1. The van der Waals surface area contributed by atoms with Gasteiger partial charge >= 0.3 is 5.97 Å². The van der Waals surface area contributed by atoms with Gasteiger partial charge in [0.2, 0.25) is 5.91 Å². The first-order chi connectivity index (χ1) is 12.1. The molecule has 0 aromatic rings. The summed E-state index contributed by atoms with van der Waals surface area (Å²) in [5.74, 6) is -1.88. The first kappa shape index (κ1) is 19.9. The number of carbonyl (C=O) groups excluding carboxylic acids is 1. The summed E-state index contributed by atoms with van der Waals surface area (Å²) < 4.78 is 1.70. The average molecular weight is 419 g/mol. The molecule has 3 aliphatic heterocycles. The van der Waals surface area contributed by atoms with Gasteiger partial charge in [-0.05, 0) is 12.3 Å². The number of carboxylic acid groups (broad SMARTS) is 1. The number of β-lactam (4-membered cyclic amide) rings is 1. The molecule has 0 spiro atoms. The monoisotopic (exact) mass is 418 g/mol. The first-order valence-corrected chi connectivity index (χ1v) is 10.7. The molecule has 1 unspecified atom stereocenters. The number of carboxylic acids is 1. The Labute approximate surface area is 167 Å². The Morgan fingerprint density at radius 3 is 2.58 bits per heavy atom. The summed E-state index contributed by atoms with van der Waals surface area (Å²) in [5, 5.41) is 20.8. The lowest BCUT2D eigenvalue weighted by atomic mass is 9.91. The van der Waals surface area contributed by atoms with Gasteiger partial charge in [-0.2, -0.15) is 0 Å². The normalized spacial score (nSPS) is 33.0. The Hall–Kier alpha value is -0.810. The number of thiocarbonyl (C=S) groups is 1. The van der Waals surface area contributed by atoms with Crippen molar-refractivity contribution in [3.05, 3.63) is 10.3 Å². The van der Waals surface area contributed by atoms with Crippen LogP contribution in [0.4, 0.5) is 0 Å². The van der Waals surface area contributed by atoms with Crippen molar-refractivity contribution in [1.82, 2.24) is 9.80 Å². The number of thioether (sulfide) groups is 2. The van der Waals surface area contributed by atoms with Gasteiger partial charge in [-0.3, -0.25) is 4.79 Å². The van der Waals surface area contributed by atoms with Crippen molar-refractivity contribution >= 4 is 51.9 Å². The fourth-order valence-corrected chi connectivity index (χ4v) is 6.23. The lowest BCUT2D eigenvalue weighted by molar-refractivity contribution is -0.893. The maximum Gasteiger partial charge on any atom is 0.331 e. The van der Waals surface area contributed by atoms with Crippen molar-refractivity contribution in [2.24, 2.45) is 5.92 Å². The van der Waals surface area contributed by atoms with Gasteiger partial charge in [-0.25, -0.2) is 4.79 Å². The summed E-state index contributed by atoms with van der Waals surface area (Å²) in [6.07, 6.45) is -0.784. The predicted octanol–water partition coefficient (Wildman–Crippen LogP) is 0.603. The predicted molar refractivity (Wildman–Crippen MR) is 107 cm³/mol. The van der Waals surface area contributed by atoms with Gasteiger partial charge in [0.15, 0.2) is 6.04 Å². The Morgan fingerprint density at radius 2 is 2.04 bits per heavy atom. The van der Waals surface area contributed by atoms with Crippen LogP contribution in [-0.2, 0) is 9.59 Å². The van der Waals surface area contributed by atoms with Crippen LogP contribution in [0.1, 0.15) is 6.92 Å². The van der Waals surface area contributed by atoms with E-state index in [2.05, 4.69) is 19.0 Å². The largest absolute Gasteiger partial charge is 0.479 e. The van der Waals surface area contributed by atoms with E-state index in [1.54, 1.807) is 12.3 Å². The van der Waals surface area contributed by atoms with Gasteiger partial charge < -0.3 is 24.5 Å². The number of aliphatic hydroxyl groups excluding tert-OH is 1. The Balaban J connectivity index is 1.67. The second-order valence-electron chi connectivity index (χ2n) is 7.54. The van der Waals surface area contributed by atoms with E-state index in [1.165, 1.54) is 28.4 Å². The number of rotatable bonds is 3. The second kappa shape index (κ2) is 7.31. The van der Waals surface area contributed by atoms with Crippen molar-refractivity contribution < 1.29 is 24.3 Å². The highest BCUT2D eigenvalue weighted by Crippen LogP contribution is 2.51. The molecule has 144 valence electrons. The molecule has 7 nitrogen and oxygen atoms in total. The average Bonchev–Trinajstić information content (AvgIpc) is 2.86. The number of fused-ring (bicyclic) bond motifs is 1. The zero-order valence-corrected chi connectivity index (χ0v) is 17.4. The van der Waals surface area contributed by atoms with Gasteiger partial charge in [0.05, 0.1) is 57.7 Å². The van der Waals surface area contributed by atoms with E-state index >= 15 is 0 Å². The number of hydrogen-bond acceptors (Lipinski definition) is 6. The van der Waals surface area contributed by atoms with Gasteiger partial charge in [-0.15, -0.1) is 11.8 Å². The highest BCUT2D eigenvalue weighted by molar-refractivity contribution is 8.25. The number of likely N-dealkylation sites (N-methyl/N-ethyl adjacent to an activating group) is 1. The summed E-state index contributed by atoms with van der Waals surface area (Å²) in [4.78, 5) is 28.0. The van der Waals surface area contributed by atoms with Crippen LogP contribution in [-0.4, -0.2) is 98.5 Å². The maximum atomic E-state index is 12.2. The van der Waals surface area contributed by atoms with Gasteiger partial charge in [0.1, 0.15) is 4.32 Å². The molecule has 0 radical (unpaired) electrons. The number of carbonyl (C=O) groups is 2. The van der Waals surface area contributed by atoms with Crippen LogP contribution in [0.5, 0.6) is 0 Å². The zero-order chi connectivity index (χ0) is 19.2. The van der Waals surface area contributed by atoms with Gasteiger partial charge in [-0.1, -0.05) is 24.0 Å². The molecule has 2 N–H and O–H groups in total. The quantitative estimate of drug-likeness (QED) is 0.392. The molecule has 0 saturated carbocycles. The van der Waals surface area contributed by atoms with E-state index in [9.17, 15) is 19.8 Å². The molecule has 10 heteroatoms. The maximum absolute atomic E-state index is 12.2. The van der Waals surface area contributed by atoms with E-state index < -0.39 is 24.0 Å². The molecule has 3 heterocycles. The number of aliphatic hydroxyl groups is 1. The summed E-state index contributed by atoms with van der Waals surface area (Å²) in [6.45, 7) is 5.37. The third-order valence-corrected chi connectivity index (χ3v) is 8.07. The Bertz CT molecular complexity index is 657. The van der Waals surface area contributed by atoms with Crippen LogP contribution >= 0.6 is 35.7 Å². The van der Waals surface area contributed by atoms with E-state index in [-0.39, 0.29) is 11.3 Å². The van der Waals surface area contributed by atoms with Crippen molar-refractivity contribution in [2.75, 3.05) is 40.3 Å². The van der Waals surface area contributed by atoms with Crippen molar-refractivity contribution in [2.45, 2.75) is 24.4 Å². The molecule has 4 atom stereocenters. The highest BCUT2D eigenvalue weighted by Gasteiger charge is 2.60. The molecule has 3 aliphatic rings. The lowest BCUT2D eigenvalue weighted by Crippen LogP contribution is -2.63. The molecule has 3 fully saturated rings. The molecule has 0 aromatic carbocycles. The molecular formula is C16H24N3O4S3+. The van der Waals surface area contributed by atoms with E-state index in [0.717, 1.165) is 35.0 Å². The van der Waals surface area contributed by atoms with Gasteiger partial charge in [0, 0.05) is 4.91 Å². The standard InChI is InChI=1S/C16H23N3O4S3/c1-9(20)11-13(21)18-12(15(22)23)10(26-14(11)18)8-25-16(24)17-4-6-19(2,3)7-5-17/h8-9,11-12,14,20H,4-7H2,1-3H3/p+1/t9-,11+,12?,14-/m1/s1. The van der Waals surface area contributed by atoms with Crippen LogP contribution in [0, 0.1) is 5.92 Å². The minimum absolute atomic E-state index is 0.295. The van der Waals surface area contributed by atoms with Crippen LogP contribution in [0.25, 0.3) is 0 Å². The van der Waals surface area contributed by atoms with Crippen LogP contribution < -0.4 is 0 Å². The molecule has 1 amide bonds. The Kier molecular flexibility index (Phi) is 5.60. The molecule has 0 aromatic heterocycles.